The molecular formula is C19H16ClN3O3S2. The summed E-state index contributed by atoms with van der Waals surface area (Å²) in [5, 5.41) is 6.74. The van der Waals surface area contributed by atoms with Crippen molar-refractivity contribution in [1.29, 1.82) is 0 Å². The minimum atomic E-state index is -3.72. The van der Waals surface area contributed by atoms with Gasteiger partial charge in [-0.15, -0.1) is 11.3 Å². The zero-order chi connectivity index (χ0) is 20.1. The summed E-state index contributed by atoms with van der Waals surface area (Å²) in [4.78, 5) is 15.0. The number of hydrazone groups is 1. The highest BCUT2D eigenvalue weighted by Crippen LogP contribution is 2.22. The molecule has 1 amide bonds. The molecule has 3 rings (SSSR count). The summed E-state index contributed by atoms with van der Waals surface area (Å²) in [6, 6.07) is 18.2. The van der Waals surface area contributed by atoms with Crippen molar-refractivity contribution in [3.63, 3.8) is 0 Å². The Morgan fingerprint density at radius 2 is 1.68 bits per heavy atom. The second-order valence-corrected chi connectivity index (χ2v) is 9.12. The summed E-state index contributed by atoms with van der Waals surface area (Å²) in [6.45, 7) is 1.69. The molecule has 2 aromatic carbocycles. The van der Waals surface area contributed by atoms with Gasteiger partial charge in [-0.1, -0.05) is 41.9 Å². The Morgan fingerprint density at radius 3 is 2.29 bits per heavy atom. The van der Waals surface area contributed by atoms with E-state index in [2.05, 4.69) is 15.2 Å². The minimum absolute atomic E-state index is 0.137. The number of hydrogen-bond acceptors (Lipinski definition) is 5. The zero-order valence-corrected chi connectivity index (χ0v) is 17.1. The van der Waals surface area contributed by atoms with Gasteiger partial charge in [-0.3, -0.25) is 4.79 Å². The average Bonchev–Trinajstić information content (AvgIpc) is 3.14. The number of hydrogen-bond donors (Lipinski definition) is 2. The lowest BCUT2D eigenvalue weighted by molar-refractivity contribution is 0.103. The van der Waals surface area contributed by atoms with Gasteiger partial charge in [0.2, 0.25) is 0 Å². The van der Waals surface area contributed by atoms with E-state index >= 15 is 0 Å². The molecule has 0 bridgehead atoms. The quantitative estimate of drug-likeness (QED) is 0.447. The van der Waals surface area contributed by atoms with E-state index in [1.165, 1.54) is 23.5 Å². The van der Waals surface area contributed by atoms with Crippen molar-refractivity contribution in [2.45, 2.75) is 11.8 Å². The number of carbonyl (C=O) groups is 1. The lowest BCUT2D eigenvalue weighted by Crippen LogP contribution is -2.19. The fraction of sp³-hybridized carbons (Fsp3) is 0.0526. The van der Waals surface area contributed by atoms with Crippen molar-refractivity contribution in [3.05, 3.63) is 81.5 Å². The number of halogens is 1. The molecule has 0 fully saturated rings. The Morgan fingerprint density at radius 1 is 1.00 bits per heavy atom. The molecule has 1 aromatic heterocycles. The van der Waals surface area contributed by atoms with Crippen LogP contribution < -0.4 is 10.1 Å². The molecule has 2 N–H and O–H groups in total. The predicted octanol–water partition coefficient (Wildman–Crippen LogP) is 4.36. The normalized spacial score (nSPS) is 11.9. The van der Waals surface area contributed by atoms with E-state index < -0.39 is 10.0 Å². The first kappa shape index (κ1) is 20.1. The van der Waals surface area contributed by atoms with Crippen molar-refractivity contribution in [2.24, 2.45) is 5.10 Å². The molecule has 1 heterocycles. The topological polar surface area (TPSA) is 87.6 Å². The van der Waals surface area contributed by atoms with Gasteiger partial charge < -0.3 is 5.32 Å². The molecule has 28 heavy (non-hydrogen) atoms. The van der Waals surface area contributed by atoms with Gasteiger partial charge in [0.25, 0.3) is 15.9 Å². The Labute approximate surface area is 171 Å². The number of carbonyl (C=O) groups excluding carboxylic acids is 1. The second kappa shape index (κ2) is 8.55. The smallest absolute Gasteiger partial charge is 0.276 e. The van der Waals surface area contributed by atoms with Gasteiger partial charge in [-0.2, -0.15) is 18.4 Å². The summed E-state index contributed by atoms with van der Waals surface area (Å²) >= 11 is 7.04. The summed E-state index contributed by atoms with van der Waals surface area (Å²) < 4.78 is 25.0. The van der Waals surface area contributed by atoms with Crippen LogP contribution in [0.5, 0.6) is 0 Å². The van der Waals surface area contributed by atoms with Gasteiger partial charge in [0.15, 0.2) is 0 Å². The van der Waals surface area contributed by atoms with Crippen LogP contribution in [-0.4, -0.2) is 20.0 Å². The zero-order valence-electron chi connectivity index (χ0n) is 14.7. The third-order valence-electron chi connectivity index (χ3n) is 3.74. The fourth-order valence-corrected chi connectivity index (χ4v) is 4.09. The van der Waals surface area contributed by atoms with E-state index in [9.17, 15) is 13.2 Å². The molecule has 3 aromatic rings. The number of rotatable bonds is 6. The highest BCUT2D eigenvalue weighted by molar-refractivity contribution is 7.89. The van der Waals surface area contributed by atoms with E-state index in [4.69, 9.17) is 11.6 Å². The molecule has 0 atom stereocenters. The second-order valence-electron chi connectivity index (χ2n) is 5.74. The Hall–Kier alpha value is -2.68. The van der Waals surface area contributed by atoms with Crippen LogP contribution in [0.1, 0.15) is 22.2 Å². The molecular weight excluding hydrogens is 418 g/mol. The molecule has 0 spiro atoms. The number of thiophene rings is 1. The number of anilines is 1. The Kier molecular flexibility index (Phi) is 6.13. The van der Waals surface area contributed by atoms with Crippen LogP contribution in [0.4, 0.5) is 5.69 Å². The molecule has 6 nitrogen and oxygen atoms in total. The standard InChI is InChI=1S/C19H16ClN3O3S2/c1-13(22-23-28(25,26)16-5-3-2-4-6-16)14-7-9-15(10-8-14)21-19(24)17-11-12-18(20)27-17/h2-12,23H,1H3,(H,21,24)/b22-13-. The summed E-state index contributed by atoms with van der Waals surface area (Å²) in [6.07, 6.45) is 0. The third kappa shape index (κ3) is 4.98. The maximum absolute atomic E-state index is 12.2. The van der Waals surface area contributed by atoms with Crippen molar-refractivity contribution < 1.29 is 13.2 Å². The Bertz CT molecular complexity index is 1110. The first-order valence-corrected chi connectivity index (χ1v) is 10.8. The maximum atomic E-state index is 12.2. The van der Waals surface area contributed by atoms with Crippen LogP contribution in [0.3, 0.4) is 0 Å². The van der Waals surface area contributed by atoms with Gasteiger partial charge in [-0.05, 0) is 48.9 Å². The van der Waals surface area contributed by atoms with Crippen molar-refractivity contribution >= 4 is 50.3 Å². The largest absolute Gasteiger partial charge is 0.321 e. The van der Waals surface area contributed by atoms with Crippen LogP contribution >= 0.6 is 22.9 Å². The summed E-state index contributed by atoms with van der Waals surface area (Å²) in [5.41, 5.74) is 1.81. The molecule has 0 saturated carbocycles. The van der Waals surface area contributed by atoms with Crippen LogP contribution in [-0.2, 0) is 10.0 Å². The minimum Gasteiger partial charge on any atom is -0.321 e. The van der Waals surface area contributed by atoms with Crippen LogP contribution in [0.25, 0.3) is 0 Å². The number of nitrogens with one attached hydrogen (secondary N) is 2. The molecule has 0 aliphatic rings. The van der Waals surface area contributed by atoms with Crippen molar-refractivity contribution in [3.8, 4) is 0 Å². The SMILES string of the molecule is C/C(=N/NS(=O)(=O)c1ccccc1)c1ccc(NC(=O)c2ccc(Cl)s2)cc1. The lowest BCUT2D eigenvalue weighted by Gasteiger charge is -2.07. The summed E-state index contributed by atoms with van der Waals surface area (Å²) in [7, 11) is -3.72. The highest BCUT2D eigenvalue weighted by atomic mass is 35.5. The first-order valence-electron chi connectivity index (χ1n) is 8.13. The van der Waals surface area contributed by atoms with Gasteiger partial charge in [0.1, 0.15) is 0 Å². The van der Waals surface area contributed by atoms with Crippen molar-refractivity contribution in [1.82, 2.24) is 4.83 Å². The third-order valence-corrected chi connectivity index (χ3v) is 6.20. The van der Waals surface area contributed by atoms with Crippen molar-refractivity contribution in [2.75, 3.05) is 5.32 Å². The van der Waals surface area contributed by atoms with Crippen LogP contribution in [0.2, 0.25) is 4.34 Å². The number of sulfonamides is 1. The maximum Gasteiger partial charge on any atom is 0.276 e. The fourth-order valence-electron chi connectivity index (χ4n) is 2.27. The summed E-state index contributed by atoms with van der Waals surface area (Å²) in [5.74, 6) is -0.245. The number of benzene rings is 2. The molecule has 0 aliphatic carbocycles. The van der Waals surface area contributed by atoms with Crippen LogP contribution in [0.15, 0.2) is 76.7 Å². The predicted molar refractivity (Wildman–Crippen MR) is 113 cm³/mol. The van der Waals surface area contributed by atoms with E-state index in [0.29, 0.717) is 26.2 Å². The monoisotopic (exact) mass is 433 g/mol. The molecule has 0 radical (unpaired) electrons. The van der Waals surface area contributed by atoms with E-state index in [1.54, 1.807) is 61.5 Å². The molecule has 0 aliphatic heterocycles. The van der Waals surface area contributed by atoms with Gasteiger partial charge in [0, 0.05) is 5.69 Å². The number of nitrogens with zero attached hydrogens (tertiary/aromatic N) is 1. The first-order chi connectivity index (χ1) is 13.3. The van der Waals surface area contributed by atoms with E-state index in [-0.39, 0.29) is 10.8 Å². The highest BCUT2D eigenvalue weighted by Gasteiger charge is 2.12. The average molecular weight is 434 g/mol. The molecule has 144 valence electrons. The number of amides is 1. The van der Waals surface area contributed by atoms with Crippen LogP contribution in [0, 0.1) is 0 Å². The Balaban J connectivity index is 1.67. The lowest BCUT2D eigenvalue weighted by atomic mass is 10.1. The van der Waals surface area contributed by atoms with Gasteiger partial charge in [-0.25, -0.2) is 0 Å². The molecule has 0 unspecified atom stereocenters. The van der Waals surface area contributed by atoms with E-state index in [1.807, 2.05) is 0 Å². The molecule has 0 saturated heterocycles. The molecule has 9 heteroatoms. The van der Waals surface area contributed by atoms with Gasteiger partial charge >= 0.3 is 0 Å². The van der Waals surface area contributed by atoms with E-state index in [0.717, 1.165) is 0 Å². The van der Waals surface area contributed by atoms with Gasteiger partial charge in [0.05, 0.1) is 19.8 Å².